The summed E-state index contributed by atoms with van der Waals surface area (Å²) in [5, 5.41) is 8.88. The number of pyridine rings is 1. The largest absolute Gasteiger partial charge is 0.396 e. The molecule has 0 saturated heterocycles. The molecular weight excluding hydrogens is 169 g/mol. The minimum absolute atomic E-state index is 0.0983. The first kappa shape index (κ1) is 8.43. The molecule has 1 heterocycles. The number of aliphatic hydroxyl groups is 1. The summed E-state index contributed by atoms with van der Waals surface area (Å²) in [4.78, 5) is 3.39. The van der Waals surface area contributed by atoms with E-state index in [2.05, 4.69) is 4.98 Å². The van der Waals surface area contributed by atoms with Crippen molar-refractivity contribution in [2.75, 3.05) is 6.61 Å². The maximum Gasteiger partial charge on any atom is 0.216 e. The summed E-state index contributed by atoms with van der Waals surface area (Å²) in [5.74, 6) is -0.566. The third-order valence-corrected chi connectivity index (χ3v) is 1.47. The standard InChI is InChI=1S/C7H7ClFNO/c8-6-3-5(1-2-11)7(9)10-4-6/h3-4,11H,1-2H2. The molecule has 0 aliphatic carbocycles. The van der Waals surface area contributed by atoms with E-state index in [1.54, 1.807) is 0 Å². The minimum atomic E-state index is -0.566. The Labute approximate surface area is 68.6 Å². The zero-order valence-corrected chi connectivity index (χ0v) is 6.48. The average Bonchev–Trinajstić information content (AvgIpc) is 1.98. The van der Waals surface area contributed by atoms with Crippen LogP contribution in [0.1, 0.15) is 5.56 Å². The molecule has 0 radical (unpaired) electrons. The number of aromatic nitrogens is 1. The van der Waals surface area contributed by atoms with E-state index in [1.807, 2.05) is 0 Å². The van der Waals surface area contributed by atoms with E-state index in [-0.39, 0.29) is 13.0 Å². The van der Waals surface area contributed by atoms with Crippen molar-refractivity contribution in [3.05, 3.63) is 28.8 Å². The van der Waals surface area contributed by atoms with Crippen LogP contribution >= 0.6 is 11.6 Å². The Bertz CT molecular complexity index is 254. The maximum atomic E-state index is 12.7. The highest BCUT2D eigenvalue weighted by atomic mass is 35.5. The summed E-state index contributed by atoms with van der Waals surface area (Å²) in [6.07, 6.45) is 1.48. The van der Waals surface area contributed by atoms with Crippen molar-refractivity contribution in [3.63, 3.8) is 0 Å². The Morgan fingerprint density at radius 1 is 1.64 bits per heavy atom. The summed E-state index contributed by atoms with van der Waals surface area (Å²) in [6, 6.07) is 1.46. The lowest BCUT2D eigenvalue weighted by Gasteiger charge is -1.98. The van der Waals surface area contributed by atoms with Crippen molar-refractivity contribution in [2.45, 2.75) is 6.42 Å². The quantitative estimate of drug-likeness (QED) is 0.690. The second-order valence-electron chi connectivity index (χ2n) is 2.08. The third-order valence-electron chi connectivity index (χ3n) is 1.26. The van der Waals surface area contributed by atoms with Gasteiger partial charge in [-0.15, -0.1) is 0 Å². The lowest BCUT2D eigenvalue weighted by Crippen LogP contribution is -1.96. The summed E-state index contributed by atoms with van der Waals surface area (Å²) in [6.45, 7) is -0.0983. The fraction of sp³-hybridized carbons (Fsp3) is 0.286. The van der Waals surface area contributed by atoms with E-state index in [9.17, 15) is 4.39 Å². The predicted octanol–water partition coefficient (Wildman–Crippen LogP) is 1.41. The van der Waals surface area contributed by atoms with Crippen LogP contribution in [0.2, 0.25) is 5.02 Å². The molecule has 0 fully saturated rings. The number of rotatable bonds is 2. The molecule has 0 aliphatic heterocycles. The molecular formula is C7H7ClFNO. The molecule has 0 aromatic carbocycles. The van der Waals surface area contributed by atoms with Gasteiger partial charge in [0.05, 0.1) is 5.02 Å². The van der Waals surface area contributed by atoms with Crippen molar-refractivity contribution in [2.24, 2.45) is 0 Å². The van der Waals surface area contributed by atoms with Gasteiger partial charge < -0.3 is 5.11 Å². The lowest BCUT2D eigenvalue weighted by molar-refractivity contribution is 0.297. The van der Waals surface area contributed by atoms with Crippen LogP contribution in [0, 0.1) is 5.95 Å². The van der Waals surface area contributed by atoms with Crippen molar-refractivity contribution in [1.29, 1.82) is 0 Å². The highest BCUT2D eigenvalue weighted by Gasteiger charge is 2.02. The summed E-state index contributed by atoms with van der Waals surface area (Å²) >= 11 is 5.54. The van der Waals surface area contributed by atoms with Gasteiger partial charge in [-0.25, -0.2) is 4.98 Å². The first-order valence-electron chi connectivity index (χ1n) is 3.15. The first-order chi connectivity index (χ1) is 5.24. The van der Waals surface area contributed by atoms with E-state index in [0.29, 0.717) is 10.6 Å². The molecule has 0 unspecified atom stereocenters. The molecule has 0 amide bonds. The van der Waals surface area contributed by atoms with Gasteiger partial charge in [-0.05, 0) is 6.07 Å². The van der Waals surface area contributed by atoms with Crippen LogP contribution in [-0.4, -0.2) is 16.7 Å². The SMILES string of the molecule is OCCc1cc(Cl)cnc1F. The van der Waals surface area contributed by atoms with E-state index in [1.165, 1.54) is 12.3 Å². The Morgan fingerprint density at radius 3 is 3.00 bits per heavy atom. The highest BCUT2D eigenvalue weighted by molar-refractivity contribution is 6.30. The van der Waals surface area contributed by atoms with E-state index in [0.717, 1.165) is 0 Å². The smallest absolute Gasteiger partial charge is 0.216 e. The van der Waals surface area contributed by atoms with Crippen molar-refractivity contribution < 1.29 is 9.50 Å². The van der Waals surface area contributed by atoms with Crippen molar-refractivity contribution in [3.8, 4) is 0 Å². The lowest BCUT2D eigenvalue weighted by atomic mass is 10.2. The second kappa shape index (κ2) is 3.64. The van der Waals surface area contributed by atoms with Crippen LogP contribution in [0.3, 0.4) is 0 Å². The van der Waals surface area contributed by atoms with Gasteiger partial charge in [-0.3, -0.25) is 0 Å². The molecule has 0 spiro atoms. The van der Waals surface area contributed by atoms with Crippen LogP contribution in [0.4, 0.5) is 4.39 Å². The fourth-order valence-corrected chi connectivity index (χ4v) is 0.941. The van der Waals surface area contributed by atoms with Gasteiger partial charge in [0.2, 0.25) is 5.95 Å². The molecule has 4 heteroatoms. The first-order valence-corrected chi connectivity index (χ1v) is 3.52. The molecule has 11 heavy (non-hydrogen) atoms. The molecule has 0 atom stereocenters. The van der Waals surface area contributed by atoms with Crippen LogP contribution < -0.4 is 0 Å². The number of hydrogen-bond acceptors (Lipinski definition) is 2. The Balaban J connectivity index is 2.93. The number of nitrogens with zero attached hydrogens (tertiary/aromatic N) is 1. The van der Waals surface area contributed by atoms with Crippen LogP contribution in [0.25, 0.3) is 0 Å². The van der Waals surface area contributed by atoms with Gasteiger partial charge in [0, 0.05) is 24.8 Å². The molecule has 2 nitrogen and oxygen atoms in total. The summed E-state index contributed by atoms with van der Waals surface area (Å²) in [7, 11) is 0. The van der Waals surface area contributed by atoms with Gasteiger partial charge in [-0.2, -0.15) is 4.39 Å². The van der Waals surface area contributed by atoms with E-state index < -0.39 is 5.95 Å². The zero-order chi connectivity index (χ0) is 8.27. The number of aliphatic hydroxyl groups excluding tert-OH is 1. The molecule has 0 saturated carbocycles. The second-order valence-corrected chi connectivity index (χ2v) is 2.51. The van der Waals surface area contributed by atoms with Gasteiger partial charge in [0.25, 0.3) is 0 Å². The van der Waals surface area contributed by atoms with Crippen molar-refractivity contribution >= 4 is 11.6 Å². The molecule has 0 bridgehead atoms. The highest BCUT2D eigenvalue weighted by Crippen LogP contribution is 2.12. The number of halogens is 2. The Kier molecular flexibility index (Phi) is 2.79. The summed E-state index contributed by atoms with van der Waals surface area (Å²) < 4.78 is 12.7. The summed E-state index contributed by atoms with van der Waals surface area (Å²) in [5.41, 5.74) is 0.347. The molecule has 1 rings (SSSR count). The predicted molar refractivity (Wildman–Crippen MR) is 40.0 cm³/mol. The third kappa shape index (κ3) is 2.13. The zero-order valence-electron chi connectivity index (χ0n) is 5.72. The minimum Gasteiger partial charge on any atom is -0.396 e. The normalized spacial score (nSPS) is 10.1. The Hall–Kier alpha value is -0.670. The monoisotopic (exact) mass is 175 g/mol. The van der Waals surface area contributed by atoms with E-state index >= 15 is 0 Å². The van der Waals surface area contributed by atoms with Gasteiger partial charge in [0.15, 0.2) is 0 Å². The van der Waals surface area contributed by atoms with Crippen molar-refractivity contribution in [1.82, 2.24) is 4.98 Å². The van der Waals surface area contributed by atoms with Gasteiger partial charge >= 0.3 is 0 Å². The number of hydrogen-bond donors (Lipinski definition) is 1. The molecule has 1 aromatic rings. The van der Waals surface area contributed by atoms with E-state index in [4.69, 9.17) is 16.7 Å². The fourth-order valence-electron chi connectivity index (χ4n) is 0.760. The van der Waals surface area contributed by atoms with Crippen LogP contribution in [-0.2, 0) is 6.42 Å². The molecule has 1 N–H and O–H groups in total. The van der Waals surface area contributed by atoms with Crippen LogP contribution in [0.5, 0.6) is 0 Å². The average molecular weight is 176 g/mol. The maximum absolute atomic E-state index is 12.7. The molecule has 0 aliphatic rings. The topological polar surface area (TPSA) is 33.1 Å². The van der Waals surface area contributed by atoms with Gasteiger partial charge in [-0.1, -0.05) is 11.6 Å². The van der Waals surface area contributed by atoms with Crippen LogP contribution in [0.15, 0.2) is 12.3 Å². The Morgan fingerprint density at radius 2 is 2.36 bits per heavy atom. The molecule has 60 valence electrons. The molecule has 1 aromatic heterocycles. The van der Waals surface area contributed by atoms with Gasteiger partial charge in [0.1, 0.15) is 0 Å².